The molecule has 1 aromatic heterocycles. The number of methoxy groups -OCH3 is 1. The summed E-state index contributed by atoms with van der Waals surface area (Å²) < 4.78 is 10.3. The molecule has 0 saturated carbocycles. The van der Waals surface area contributed by atoms with Crippen LogP contribution in [0.25, 0.3) is 0 Å². The van der Waals surface area contributed by atoms with E-state index in [-0.39, 0.29) is 6.04 Å². The molecule has 1 unspecified atom stereocenters. The number of hydrazine groups is 1. The zero-order chi connectivity index (χ0) is 13.5. The van der Waals surface area contributed by atoms with Crippen LogP contribution in [0.1, 0.15) is 18.2 Å². The van der Waals surface area contributed by atoms with Gasteiger partial charge < -0.3 is 14.1 Å². The van der Waals surface area contributed by atoms with Gasteiger partial charge in [-0.1, -0.05) is 0 Å². The van der Waals surface area contributed by atoms with Crippen LogP contribution in [0.15, 0.2) is 21.7 Å². The predicted octanol–water partition coefficient (Wildman–Crippen LogP) is 0.874. The highest BCUT2D eigenvalue weighted by Gasteiger charge is 2.10. The van der Waals surface area contributed by atoms with Gasteiger partial charge in [-0.25, -0.2) is 10.8 Å². The van der Waals surface area contributed by atoms with E-state index in [0.29, 0.717) is 19.1 Å². The van der Waals surface area contributed by atoms with Crippen molar-refractivity contribution in [3.63, 3.8) is 0 Å². The number of aliphatic imine (C=N–C) groups is 1. The lowest BCUT2D eigenvalue weighted by atomic mass is 10.2. The molecule has 1 atom stereocenters. The van der Waals surface area contributed by atoms with Gasteiger partial charge in [-0.15, -0.1) is 0 Å². The van der Waals surface area contributed by atoms with Crippen molar-refractivity contribution in [3.8, 4) is 0 Å². The molecule has 6 nitrogen and oxygen atoms in total. The topological polar surface area (TPSA) is 76.0 Å². The summed E-state index contributed by atoms with van der Waals surface area (Å²) in [5, 5.41) is 0. The summed E-state index contributed by atoms with van der Waals surface area (Å²) in [6.45, 7) is 5.15. The maximum Gasteiger partial charge on any atom is 0.208 e. The highest BCUT2D eigenvalue weighted by atomic mass is 16.5. The van der Waals surface area contributed by atoms with Crippen molar-refractivity contribution >= 4 is 5.96 Å². The SMILES string of the molecule is COCC(C)N=C(NN)N(C)Cc1ccoc1C. The van der Waals surface area contributed by atoms with Crippen LogP contribution in [0.4, 0.5) is 0 Å². The summed E-state index contributed by atoms with van der Waals surface area (Å²) in [6.07, 6.45) is 1.68. The largest absolute Gasteiger partial charge is 0.469 e. The molecular weight excluding hydrogens is 232 g/mol. The second-order valence-corrected chi connectivity index (χ2v) is 4.26. The molecule has 0 aliphatic heterocycles. The first-order valence-electron chi connectivity index (χ1n) is 5.86. The number of aryl methyl sites for hydroxylation is 1. The number of furan rings is 1. The van der Waals surface area contributed by atoms with E-state index in [1.807, 2.05) is 31.9 Å². The average Bonchev–Trinajstić information content (AvgIpc) is 2.72. The van der Waals surface area contributed by atoms with Crippen LogP contribution in [-0.4, -0.2) is 37.7 Å². The summed E-state index contributed by atoms with van der Waals surface area (Å²) in [7, 11) is 3.57. The molecule has 1 heterocycles. The number of rotatable bonds is 5. The smallest absolute Gasteiger partial charge is 0.208 e. The fraction of sp³-hybridized carbons (Fsp3) is 0.583. The number of nitrogens with two attached hydrogens (primary N) is 1. The minimum Gasteiger partial charge on any atom is -0.469 e. The van der Waals surface area contributed by atoms with E-state index >= 15 is 0 Å². The third-order valence-electron chi connectivity index (χ3n) is 2.61. The molecule has 0 aliphatic rings. The Morgan fingerprint density at radius 3 is 2.89 bits per heavy atom. The van der Waals surface area contributed by atoms with Crippen molar-refractivity contribution in [1.29, 1.82) is 0 Å². The monoisotopic (exact) mass is 254 g/mol. The molecule has 0 amide bonds. The van der Waals surface area contributed by atoms with E-state index in [1.165, 1.54) is 0 Å². The third-order valence-corrected chi connectivity index (χ3v) is 2.61. The van der Waals surface area contributed by atoms with Crippen molar-refractivity contribution in [2.75, 3.05) is 20.8 Å². The fourth-order valence-electron chi connectivity index (χ4n) is 1.64. The van der Waals surface area contributed by atoms with Gasteiger partial charge in [-0.2, -0.15) is 0 Å². The first-order valence-corrected chi connectivity index (χ1v) is 5.86. The Morgan fingerprint density at radius 2 is 2.39 bits per heavy atom. The van der Waals surface area contributed by atoms with Crippen molar-refractivity contribution in [3.05, 3.63) is 23.7 Å². The van der Waals surface area contributed by atoms with Crippen LogP contribution >= 0.6 is 0 Å². The van der Waals surface area contributed by atoms with Crippen LogP contribution in [-0.2, 0) is 11.3 Å². The minimum atomic E-state index is 0.0500. The van der Waals surface area contributed by atoms with Gasteiger partial charge in [-0.05, 0) is 19.9 Å². The lowest BCUT2D eigenvalue weighted by Gasteiger charge is -2.21. The van der Waals surface area contributed by atoms with E-state index < -0.39 is 0 Å². The average molecular weight is 254 g/mol. The van der Waals surface area contributed by atoms with Gasteiger partial charge in [0, 0.05) is 26.3 Å². The fourth-order valence-corrected chi connectivity index (χ4v) is 1.64. The summed E-state index contributed by atoms with van der Waals surface area (Å²) >= 11 is 0. The number of guanidine groups is 1. The van der Waals surface area contributed by atoms with Crippen molar-refractivity contribution in [1.82, 2.24) is 10.3 Å². The zero-order valence-electron chi connectivity index (χ0n) is 11.4. The lowest BCUT2D eigenvalue weighted by molar-refractivity contribution is 0.185. The van der Waals surface area contributed by atoms with E-state index in [9.17, 15) is 0 Å². The molecule has 0 bridgehead atoms. The molecule has 102 valence electrons. The third kappa shape index (κ3) is 4.05. The summed E-state index contributed by atoms with van der Waals surface area (Å²) in [4.78, 5) is 6.38. The Kier molecular flexibility index (Phi) is 5.67. The van der Waals surface area contributed by atoms with Crippen molar-refractivity contribution in [2.24, 2.45) is 10.8 Å². The van der Waals surface area contributed by atoms with E-state index in [4.69, 9.17) is 15.0 Å². The van der Waals surface area contributed by atoms with Crippen molar-refractivity contribution in [2.45, 2.75) is 26.4 Å². The number of hydrogen-bond donors (Lipinski definition) is 2. The number of hydrogen-bond acceptors (Lipinski definition) is 4. The van der Waals surface area contributed by atoms with Crippen LogP contribution in [0, 0.1) is 6.92 Å². The molecule has 1 aromatic rings. The molecule has 3 N–H and O–H groups in total. The molecule has 18 heavy (non-hydrogen) atoms. The first-order chi connectivity index (χ1) is 8.58. The molecule has 1 rings (SSSR count). The van der Waals surface area contributed by atoms with Gasteiger partial charge >= 0.3 is 0 Å². The molecule has 6 heteroatoms. The normalized spacial score (nSPS) is 13.5. The number of nitrogens with one attached hydrogen (secondary N) is 1. The van der Waals surface area contributed by atoms with Crippen LogP contribution in [0.2, 0.25) is 0 Å². The summed E-state index contributed by atoms with van der Waals surface area (Å²) in [5.41, 5.74) is 3.72. The standard InChI is InChI=1S/C12H22N4O2/c1-9(8-17-4)14-12(15-13)16(3)7-11-5-6-18-10(11)2/h5-6,9H,7-8,13H2,1-4H3,(H,14,15). The zero-order valence-corrected chi connectivity index (χ0v) is 11.4. The van der Waals surface area contributed by atoms with Crippen molar-refractivity contribution < 1.29 is 9.15 Å². The minimum absolute atomic E-state index is 0.0500. The maximum atomic E-state index is 5.50. The predicted molar refractivity (Wildman–Crippen MR) is 71.0 cm³/mol. The van der Waals surface area contributed by atoms with Gasteiger partial charge in [-0.3, -0.25) is 5.43 Å². The van der Waals surface area contributed by atoms with Gasteiger partial charge in [0.2, 0.25) is 5.96 Å². The Labute approximate surface area is 108 Å². The maximum absolute atomic E-state index is 5.50. The molecule has 0 saturated heterocycles. The molecule has 0 spiro atoms. The Bertz CT molecular complexity index is 389. The highest BCUT2D eigenvalue weighted by Crippen LogP contribution is 2.11. The summed E-state index contributed by atoms with van der Waals surface area (Å²) in [6, 6.07) is 1.99. The van der Waals surface area contributed by atoms with E-state index in [2.05, 4.69) is 10.4 Å². The van der Waals surface area contributed by atoms with E-state index in [1.54, 1.807) is 13.4 Å². The second kappa shape index (κ2) is 7.03. The van der Waals surface area contributed by atoms with Gasteiger partial charge in [0.25, 0.3) is 0 Å². The van der Waals surface area contributed by atoms with Gasteiger partial charge in [0.15, 0.2) is 0 Å². The quantitative estimate of drug-likeness (QED) is 0.353. The van der Waals surface area contributed by atoms with Crippen LogP contribution in [0.5, 0.6) is 0 Å². The Balaban J connectivity index is 2.67. The number of ether oxygens (including phenoxy) is 1. The lowest BCUT2D eigenvalue weighted by Crippen LogP contribution is -2.43. The molecule has 0 radical (unpaired) electrons. The van der Waals surface area contributed by atoms with Crippen LogP contribution in [0.3, 0.4) is 0 Å². The van der Waals surface area contributed by atoms with Gasteiger partial charge in [0.05, 0.1) is 18.9 Å². The molecule has 0 fully saturated rings. The Hall–Kier alpha value is -1.53. The van der Waals surface area contributed by atoms with Gasteiger partial charge in [0.1, 0.15) is 5.76 Å². The molecule has 0 aliphatic carbocycles. The second-order valence-electron chi connectivity index (χ2n) is 4.26. The molecule has 0 aromatic carbocycles. The van der Waals surface area contributed by atoms with Crippen LogP contribution < -0.4 is 11.3 Å². The highest BCUT2D eigenvalue weighted by molar-refractivity contribution is 5.79. The first kappa shape index (κ1) is 14.5. The van der Waals surface area contributed by atoms with E-state index in [0.717, 1.165) is 11.3 Å². The Morgan fingerprint density at radius 1 is 1.67 bits per heavy atom. The summed E-state index contributed by atoms with van der Waals surface area (Å²) in [5.74, 6) is 7.03. The number of nitrogens with zero attached hydrogens (tertiary/aromatic N) is 2. The molecular formula is C12H22N4O2.